The summed E-state index contributed by atoms with van der Waals surface area (Å²) in [7, 11) is 0. The van der Waals surface area contributed by atoms with Crippen LogP contribution in [-0.2, 0) is 6.42 Å². The van der Waals surface area contributed by atoms with Crippen LogP contribution in [0.3, 0.4) is 0 Å². The average Bonchev–Trinajstić information content (AvgIpc) is 2.19. The van der Waals surface area contributed by atoms with Crippen LogP contribution in [-0.4, -0.2) is 4.98 Å². The highest BCUT2D eigenvalue weighted by Gasteiger charge is 1.88. The van der Waals surface area contributed by atoms with E-state index in [-0.39, 0.29) is 0 Å². The van der Waals surface area contributed by atoms with Crippen molar-refractivity contribution in [3.05, 3.63) is 18.4 Å². The summed E-state index contributed by atoms with van der Waals surface area (Å²) < 4.78 is 4.82. The van der Waals surface area contributed by atoms with Crippen LogP contribution in [0.1, 0.15) is 5.76 Å². The van der Waals surface area contributed by atoms with Gasteiger partial charge in [-0.1, -0.05) is 5.92 Å². The molecule has 1 rings (SSSR count). The van der Waals surface area contributed by atoms with E-state index in [9.17, 15) is 0 Å². The van der Waals surface area contributed by atoms with Crippen LogP contribution in [0.15, 0.2) is 17.0 Å². The van der Waals surface area contributed by atoms with Gasteiger partial charge in [-0.25, -0.2) is 4.98 Å². The maximum atomic E-state index is 4.98. The van der Waals surface area contributed by atoms with Gasteiger partial charge in [-0.05, 0) is 0 Å². The smallest absolute Gasteiger partial charge is 0.180 e. The third-order valence-corrected chi connectivity index (χ3v) is 0.760. The Morgan fingerprint density at radius 1 is 1.88 bits per heavy atom. The number of hydrogen-bond donors (Lipinski definition) is 0. The minimum Gasteiger partial charge on any atom is -0.448 e. The summed E-state index contributed by atoms with van der Waals surface area (Å²) >= 11 is 0. The van der Waals surface area contributed by atoms with Crippen LogP contribution in [0, 0.1) is 12.3 Å². The zero-order valence-electron chi connectivity index (χ0n) is 4.29. The second-order valence-corrected chi connectivity index (χ2v) is 1.35. The predicted molar refractivity (Wildman–Crippen MR) is 29.0 cm³/mol. The van der Waals surface area contributed by atoms with Crippen molar-refractivity contribution in [2.75, 3.05) is 0 Å². The van der Waals surface area contributed by atoms with Gasteiger partial charge in [-0.3, -0.25) is 0 Å². The number of oxazole rings is 1. The zero-order chi connectivity index (χ0) is 5.82. The highest BCUT2D eigenvalue weighted by Crippen LogP contribution is 1.94. The third-order valence-electron chi connectivity index (χ3n) is 0.760. The molecule has 40 valence electrons. The zero-order valence-corrected chi connectivity index (χ0v) is 4.29. The van der Waals surface area contributed by atoms with E-state index in [0.717, 1.165) is 5.76 Å². The summed E-state index contributed by atoms with van der Waals surface area (Å²) in [5.74, 6) is 3.18. The molecule has 0 saturated carbocycles. The van der Waals surface area contributed by atoms with E-state index in [1.165, 1.54) is 6.39 Å². The van der Waals surface area contributed by atoms with Crippen LogP contribution < -0.4 is 0 Å². The molecule has 0 atom stereocenters. The molecule has 0 N–H and O–H groups in total. The van der Waals surface area contributed by atoms with Crippen LogP contribution in [0.5, 0.6) is 0 Å². The minimum absolute atomic E-state index is 0.528. The predicted octanol–water partition coefficient (Wildman–Crippen LogP) is 0.850. The Morgan fingerprint density at radius 3 is 3.25 bits per heavy atom. The van der Waals surface area contributed by atoms with E-state index in [2.05, 4.69) is 10.9 Å². The molecule has 0 spiro atoms. The monoisotopic (exact) mass is 107 g/mol. The van der Waals surface area contributed by atoms with Crippen molar-refractivity contribution in [2.24, 2.45) is 0 Å². The van der Waals surface area contributed by atoms with E-state index in [0.29, 0.717) is 6.42 Å². The van der Waals surface area contributed by atoms with Gasteiger partial charge in [0.1, 0.15) is 5.76 Å². The fourth-order valence-electron chi connectivity index (χ4n) is 0.430. The van der Waals surface area contributed by atoms with Crippen molar-refractivity contribution < 1.29 is 4.42 Å². The molecule has 0 bridgehead atoms. The molecule has 1 aromatic rings. The van der Waals surface area contributed by atoms with E-state index in [1.54, 1.807) is 6.20 Å². The van der Waals surface area contributed by atoms with Crippen LogP contribution >= 0.6 is 0 Å². The normalized spacial score (nSPS) is 8.38. The summed E-state index contributed by atoms with van der Waals surface area (Å²) in [5.41, 5.74) is 0. The number of terminal acetylenes is 1. The van der Waals surface area contributed by atoms with E-state index in [1.807, 2.05) is 0 Å². The van der Waals surface area contributed by atoms with Crippen molar-refractivity contribution in [3.8, 4) is 12.3 Å². The van der Waals surface area contributed by atoms with Gasteiger partial charge < -0.3 is 4.42 Å². The topological polar surface area (TPSA) is 26.0 Å². The quantitative estimate of drug-likeness (QED) is 0.497. The lowest BCUT2D eigenvalue weighted by Crippen LogP contribution is -1.71. The van der Waals surface area contributed by atoms with Gasteiger partial charge in [-0.15, -0.1) is 6.42 Å². The minimum atomic E-state index is 0.528. The molecule has 2 nitrogen and oxygen atoms in total. The molecule has 0 aromatic carbocycles. The molecule has 0 unspecified atom stereocenters. The third kappa shape index (κ3) is 0.881. The average molecular weight is 107 g/mol. The van der Waals surface area contributed by atoms with Gasteiger partial charge in [0, 0.05) is 0 Å². The first kappa shape index (κ1) is 4.92. The SMILES string of the molecule is C#CCc1cnco1. The first-order valence-corrected chi connectivity index (χ1v) is 2.24. The fourth-order valence-corrected chi connectivity index (χ4v) is 0.430. The lowest BCUT2D eigenvalue weighted by molar-refractivity contribution is 0.518. The number of aromatic nitrogens is 1. The molecule has 0 aliphatic carbocycles. The molecule has 0 radical (unpaired) electrons. The largest absolute Gasteiger partial charge is 0.448 e. The Morgan fingerprint density at radius 2 is 2.75 bits per heavy atom. The lowest BCUT2D eigenvalue weighted by Gasteiger charge is -1.77. The molecule has 1 heterocycles. The molecule has 2 heteroatoms. The molecular weight excluding hydrogens is 102 g/mol. The molecule has 0 saturated heterocycles. The summed E-state index contributed by atoms with van der Waals surface area (Å²) in [4.78, 5) is 3.68. The van der Waals surface area contributed by atoms with E-state index in [4.69, 9.17) is 10.8 Å². The molecule has 0 aliphatic rings. The van der Waals surface area contributed by atoms with E-state index >= 15 is 0 Å². The highest BCUT2D eigenvalue weighted by molar-refractivity contribution is 5.01. The number of nitrogens with zero attached hydrogens (tertiary/aromatic N) is 1. The van der Waals surface area contributed by atoms with Gasteiger partial charge in [0.05, 0.1) is 12.6 Å². The second kappa shape index (κ2) is 2.17. The van der Waals surface area contributed by atoms with Crippen molar-refractivity contribution in [1.82, 2.24) is 4.98 Å². The number of hydrogen-bond acceptors (Lipinski definition) is 2. The van der Waals surface area contributed by atoms with Gasteiger partial charge in [0.15, 0.2) is 6.39 Å². The number of rotatable bonds is 1. The highest BCUT2D eigenvalue weighted by atomic mass is 16.3. The summed E-state index contributed by atoms with van der Waals surface area (Å²) in [6, 6.07) is 0. The Balaban J connectivity index is 2.67. The standard InChI is InChI=1S/C6H5NO/c1-2-3-6-4-7-5-8-6/h1,4-5H,3H2. The van der Waals surface area contributed by atoms with Gasteiger partial charge in [-0.2, -0.15) is 0 Å². The molecular formula is C6H5NO. The summed E-state index contributed by atoms with van der Waals surface area (Å²) in [5, 5.41) is 0. The van der Waals surface area contributed by atoms with Crippen molar-refractivity contribution >= 4 is 0 Å². The van der Waals surface area contributed by atoms with E-state index < -0.39 is 0 Å². The summed E-state index contributed by atoms with van der Waals surface area (Å²) in [6.07, 6.45) is 8.49. The first-order chi connectivity index (χ1) is 3.93. The molecule has 0 amide bonds. The van der Waals surface area contributed by atoms with Crippen molar-refractivity contribution in [1.29, 1.82) is 0 Å². The fraction of sp³-hybridized carbons (Fsp3) is 0.167. The van der Waals surface area contributed by atoms with Crippen LogP contribution in [0.4, 0.5) is 0 Å². The Hall–Kier alpha value is -1.23. The first-order valence-electron chi connectivity index (χ1n) is 2.24. The van der Waals surface area contributed by atoms with Gasteiger partial charge in [0.25, 0.3) is 0 Å². The summed E-state index contributed by atoms with van der Waals surface area (Å²) in [6.45, 7) is 0. The van der Waals surface area contributed by atoms with Crippen molar-refractivity contribution in [3.63, 3.8) is 0 Å². The molecule has 0 aliphatic heterocycles. The Labute approximate surface area is 47.5 Å². The second-order valence-electron chi connectivity index (χ2n) is 1.35. The van der Waals surface area contributed by atoms with Crippen molar-refractivity contribution in [2.45, 2.75) is 6.42 Å². The molecule has 0 fully saturated rings. The van der Waals surface area contributed by atoms with Gasteiger partial charge >= 0.3 is 0 Å². The Bertz CT molecular complexity index is 183. The van der Waals surface area contributed by atoms with Crippen LogP contribution in [0.25, 0.3) is 0 Å². The van der Waals surface area contributed by atoms with Gasteiger partial charge in [0.2, 0.25) is 0 Å². The maximum absolute atomic E-state index is 4.98. The van der Waals surface area contributed by atoms with Crippen LogP contribution in [0.2, 0.25) is 0 Å². The maximum Gasteiger partial charge on any atom is 0.180 e. The molecule has 1 aromatic heterocycles. The Kier molecular flexibility index (Phi) is 1.34. The molecule has 8 heavy (non-hydrogen) atoms. The lowest BCUT2D eigenvalue weighted by atomic mass is 10.4.